The molecule has 0 atom stereocenters. The van der Waals surface area contributed by atoms with Gasteiger partial charge in [0, 0.05) is 23.2 Å². The molecule has 98 valence electrons. The Labute approximate surface area is 114 Å². The lowest BCUT2D eigenvalue weighted by Gasteiger charge is -2.07. The fourth-order valence-corrected chi connectivity index (χ4v) is 2.66. The SMILES string of the molecule is Cc1cc(Nc2nc(C3CC3)cs2)c(C(=O)O)cn1. The minimum atomic E-state index is -0.992. The number of pyridine rings is 1. The molecule has 0 aliphatic heterocycles. The number of aromatic carboxylic acids is 1. The minimum absolute atomic E-state index is 0.161. The predicted octanol–water partition coefficient (Wildman–Crippen LogP) is 3.17. The molecule has 2 heterocycles. The number of aromatic nitrogens is 2. The topological polar surface area (TPSA) is 75.1 Å². The first kappa shape index (κ1) is 12.1. The number of hydrogen-bond acceptors (Lipinski definition) is 5. The van der Waals surface area contributed by atoms with Crippen LogP contribution in [0.15, 0.2) is 17.6 Å². The fourth-order valence-electron chi connectivity index (χ4n) is 1.86. The highest BCUT2D eigenvalue weighted by molar-refractivity contribution is 7.13. The molecule has 0 saturated heterocycles. The first-order valence-electron chi connectivity index (χ1n) is 6.06. The molecule has 1 saturated carbocycles. The second-order valence-electron chi connectivity index (χ2n) is 4.65. The van der Waals surface area contributed by atoms with Gasteiger partial charge in [0.15, 0.2) is 5.13 Å². The zero-order valence-corrected chi connectivity index (χ0v) is 11.2. The van der Waals surface area contributed by atoms with E-state index < -0.39 is 5.97 Å². The molecule has 5 nitrogen and oxygen atoms in total. The van der Waals surface area contributed by atoms with Crippen molar-refractivity contribution in [1.29, 1.82) is 0 Å². The number of aryl methyl sites for hydroxylation is 1. The van der Waals surface area contributed by atoms with Gasteiger partial charge < -0.3 is 10.4 Å². The van der Waals surface area contributed by atoms with Crippen LogP contribution >= 0.6 is 11.3 Å². The highest BCUT2D eigenvalue weighted by atomic mass is 32.1. The number of hydrogen-bond donors (Lipinski definition) is 2. The van der Waals surface area contributed by atoms with Gasteiger partial charge in [-0.25, -0.2) is 9.78 Å². The number of rotatable bonds is 4. The molecule has 6 heteroatoms. The Balaban J connectivity index is 1.88. The van der Waals surface area contributed by atoms with E-state index in [9.17, 15) is 4.79 Å². The van der Waals surface area contributed by atoms with E-state index >= 15 is 0 Å². The Morgan fingerprint density at radius 3 is 3.00 bits per heavy atom. The zero-order valence-electron chi connectivity index (χ0n) is 10.4. The summed E-state index contributed by atoms with van der Waals surface area (Å²) in [6, 6.07) is 1.72. The van der Waals surface area contributed by atoms with Crippen LogP contribution in [0.25, 0.3) is 0 Å². The van der Waals surface area contributed by atoms with E-state index in [0.29, 0.717) is 11.6 Å². The van der Waals surface area contributed by atoms with Gasteiger partial charge in [-0.15, -0.1) is 11.3 Å². The van der Waals surface area contributed by atoms with Gasteiger partial charge in [-0.2, -0.15) is 0 Å². The summed E-state index contributed by atoms with van der Waals surface area (Å²) in [5.74, 6) is -0.390. The third-order valence-electron chi connectivity index (χ3n) is 3.03. The highest BCUT2D eigenvalue weighted by Gasteiger charge is 2.26. The quantitative estimate of drug-likeness (QED) is 0.896. The highest BCUT2D eigenvalue weighted by Crippen LogP contribution is 2.41. The van der Waals surface area contributed by atoms with Gasteiger partial charge in [-0.3, -0.25) is 4.98 Å². The monoisotopic (exact) mass is 275 g/mol. The molecule has 0 amide bonds. The smallest absolute Gasteiger partial charge is 0.339 e. The molecule has 0 unspecified atom stereocenters. The molecule has 1 aliphatic carbocycles. The van der Waals surface area contributed by atoms with E-state index in [1.54, 1.807) is 6.07 Å². The largest absolute Gasteiger partial charge is 0.478 e. The van der Waals surface area contributed by atoms with Gasteiger partial charge in [0.25, 0.3) is 0 Å². The molecular formula is C13H13N3O2S. The van der Waals surface area contributed by atoms with Crippen LogP contribution < -0.4 is 5.32 Å². The second kappa shape index (κ2) is 4.62. The number of thiazole rings is 1. The van der Waals surface area contributed by atoms with Crippen LogP contribution in [-0.4, -0.2) is 21.0 Å². The van der Waals surface area contributed by atoms with Crippen LogP contribution in [0.4, 0.5) is 10.8 Å². The molecule has 19 heavy (non-hydrogen) atoms. The van der Waals surface area contributed by atoms with Crippen LogP contribution in [0.2, 0.25) is 0 Å². The van der Waals surface area contributed by atoms with Gasteiger partial charge in [0.2, 0.25) is 0 Å². The lowest BCUT2D eigenvalue weighted by Crippen LogP contribution is -2.04. The van der Waals surface area contributed by atoms with Crippen molar-refractivity contribution < 1.29 is 9.90 Å². The van der Waals surface area contributed by atoms with Gasteiger partial charge in [0.1, 0.15) is 5.56 Å². The molecule has 1 aliphatic rings. The van der Waals surface area contributed by atoms with Gasteiger partial charge in [-0.1, -0.05) is 0 Å². The average Bonchev–Trinajstić information content (AvgIpc) is 3.10. The summed E-state index contributed by atoms with van der Waals surface area (Å²) in [5, 5.41) is 15.0. The maximum absolute atomic E-state index is 11.1. The molecule has 0 radical (unpaired) electrons. The van der Waals surface area contributed by atoms with E-state index in [1.165, 1.54) is 30.4 Å². The summed E-state index contributed by atoms with van der Waals surface area (Å²) in [4.78, 5) is 19.6. The van der Waals surface area contributed by atoms with Crippen molar-refractivity contribution in [1.82, 2.24) is 9.97 Å². The van der Waals surface area contributed by atoms with E-state index in [0.717, 1.165) is 16.5 Å². The van der Waals surface area contributed by atoms with E-state index in [-0.39, 0.29) is 5.56 Å². The summed E-state index contributed by atoms with van der Waals surface area (Å²) in [7, 11) is 0. The molecule has 0 spiro atoms. The van der Waals surface area contributed by atoms with Crippen LogP contribution in [0.1, 0.15) is 40.5 Å². The van der Waals surface area contributed by atoms with E-state index in [2.05, 4.69) is 15.3 Å². The standard InChI is InChI=1S/C13H13N3O2S/c1-7-4-10(9(5-14-7)12(17)18)15-13-16-11(6-19-13)8-2-3-8/h4-6,8H,2-3H2,1H3,(H,17,18)(H,14,15,16). The third-order valence-corrected chi connectivity index (χ3v) is 3.81. The van der Waals surface area contributed by atoms with Crippen LogP contribution in [-0.2, 0) is 0 Å². The van der Waals surface area contributed by atoms with Crippen LogP contribution in [0.3, 0.4) is 0 Å². The number of nitrogens with one attached hydrogen (secondary N) is 1. The number of anilines is 2. The summed E-state index contributed by atoms with van der Waals surface area (Å²) in [6.07, 6.45) is 3.78. The first-order chi connectivity index (χ1) is 9.13. The lowest BCUT2D eigenvalue weighted by atomic mass is 10.2. The average molecular weight is 275 g/mol. The molecule has 3 rings (SSSR count). The van der Waals surface area contributed by atoms with Crippen molar-refractivity contribution in [3.63, 3.8) is 0 Å². The normalized spacial score (nSPS) is 14.4. The predicted molar refractivity (Wildman–Crippen MR) is 73.3 cm³/mol. The minimum Gasteiger partial charge on any atom is -0.478 e. The molecule has 1 fully saturated rings. The summed E-state index contributed by atoms with van der Waals surface area (Å²) in [6.45, 7) is 1.83. The second-order valence-corrected chi connectivity index (χ2v) is 5.51. The van der Waals surface area contributed by atoms with Crippen molar-refractivity contribution in [2.75, 3.05) is 5.32 Å². The Bertz CT molecular complexity index is 635. The van der Waals surface area contributed by atoms with Crippen molar-refractivity contribution in [2.24, 2.45) is 0 Å². The molecule has 2 N–H and O–H groups in total. The van der Waals surface area contributed by atoms with Crippen molar-refractivity contribution in [2.45, 2.75) is 25.7 Å². The molecule has 0 aromatic carbocycles. The van der Waals surface area contributed by atoms with E-state index in [1.807, 2.05) is 12.3 Å². The van der Waals surface area contributed by atoms with Crippen molar-refractivity contribution in [3.8, 4) is 0 Å². The fraction of sp³-hybridized carbons (Fsp3) is 0.308. The first-order valence-corrected chi connectivity index (χ1v) is 6.94. The maximum atomic E-state index is 11.1. The number of carbonyl (C=O) groups is 1. The molecule has 0 bridgehead atoms. The number of carboxylic acid groups (broad SMARTS) is 1. The van der Waals surface area contributed by atoms with Gasteiger partial charge in [0.05, 0.1) is 11.4 Å². The summed E-state index contributed by atoms with van der Waals surface area (Å²) >= 11 is 1.50. The molecule has 2 aromatic heterocycles. The Morgan fingerprint density at radius 2 is 2.32 bits per heavy atom. The van der Waals surface area contributed by atoms with Crippen molar-refractivity contribution in [3.05, 3.63) is 34.6 Å². The van der Waals surface area contributed by atoms with E-state index in [4.69, 9.17) is 5.11 Å². The van der Waals surface area contributed by atoms with Gasteiger partial charge in [-0.05, 0) is 25.8 Å². The van der Waals surface area contributed by atoms with Crippen molar-refractivity contribution >= 4 is 28.1 Å². The summed E-state index contributed by atoms with van der Waals surface area (Å²) < 4.78 is 0. The van der Waals surface area contributed by atoms with Crippen LogP contribution in [0.5, 0.6) is 0 Å². The lowest BCUT2D eigenvalue weighted by molar-refractivity contribution is 0.0697. The Hall–Kier alpha value is -1.95. The number of carboxylic acids is 1. The maximum Gasteiger partial charge on any atom is 0.339 e. The third kappa shape index (κ3) is 2.58. The Morgan fingerprint density at radius 1 is 1.53 bits per heavy atom. The molecular weight excluding hydrogens is 262 g/mol. The number of nitrogens with zero attached hydrogens (tertiary/aromatic N) is 2. The zero-order chi connectivity index (χ0) is 13.4. The summed E-state index contributed by atoms with van der Waals surface area (Å²) in [5.41, 5.74) is 2.58. The Kier molecular flexibility index (Phi) is 2.94. The van der Waals surface area contributed by atoms with Crippen LogP contribution in [0, 0.1) is 6.92 Å². The molecule has 2 aromatic rings. The van der Waals surface area contributed by atoms with Gasteiger partial charge >= 0.3 is 5.97 Å².